The van der Waals surface area contributed by atoms with Crippen molar-refractivity contribution < 1.29 is 14.5 Å². The molecule has 0 fully saturated rings. The normalized spacial score (nSPS) is 15.5. The van der Waals surface area contributed by atoms with Crippen LogP contribution in [-0.4, -0.2) is 27.9 Å². The molecule has 4 nitrogen and oxygen atoms in total. The van der Waals surface area contributed by atoms with Crippen molar-refractivity contribution in [2.45, 2.75) is 25.7 Å². The van der Waals surface area contributed by atoms with Crippen molar-refractivity contribution in [1.29, 1.82) is 0 Å². The molecular formula is C23H25N2O2+. The van der Waals surface area contributed by atoms with Crippen molar-refractivity contribution in [3.05, 3.63) is 84.6 Å². The maximum Gasteiger partial charge on any atom is 0.309 e. The predicted molar refractivity (Wildman–Crippen MR) is 110 cm³/mol. The molecule has 3 rings (SSSR count). The molecule has 27 heavy (non-hydrogen) atoms. The van der Waals surface area contributed by atoms with E-state index in [1.165, 1.54) is 5.56 Å². The first-order valence-corrected chi connectivity index (χ1v) is 9.11. The van der Waals surface area contributed by atoms with Crippen LogP contribution in [0, 0.1) is 0 Å². The molecule has 2 N–H and O–H groups in total. The highest BCUT2D eigenvalue weighted by Gasteiger charge is 2.43. The molecule has 4 heteroatoms. The Balaban J connectivity index is 1.83. The summed E-state index contributed by atoms with van der Waals surface area (Å²) in [6, 6.07) is 18.2. The first-order valence-electron chi connectivity index (χ1n) is 9.11. The number of rotatable bonds is 7. The summed E-state index contributed by atoms with van der Waals surface area (Å²) in [6.45, 7) is 4.82. The standard InChI is InChI=1S/C23H24N2O2/c1-23(2)19-12-6-7-13-20(19)25(17-15-22(26)27)21(23)14-8-9-16-24-18-10-4-3-5-11-18/h3-14,16H,15,17H2,1-2H3,(H,26,27)/p+1. The first-order chi connectivity index (χ1) is 13.0. The van der Waals surface area contributed by atoms with Crippen LogP contribution in [-0.2, 0) is 10.2 Å². The van der Waals surface area contributed by atoms with Gasteiger partial charge in [0, 0.05) is 29.6 Å². The largest absolute Gasteiger partial charge is 0.481 e. The van der Waals surface area contributed by atoms with Gasteiger partial charge in [0.2, 0.25) is 5.69 Å². The van der Waals surface area contributed by atoms with Gasteiger partial charge in [-0.05, 0) is 32.1 Å². The monoisotopic (exact) mass is 361 g/mol. The second-order valence-corrected chi connectivity index (χ2v) is 7.05. The zero-order valence-corrected chi connectivity index (χ0v) is 15.7. The Bertz CT molecular complexity index is 909. The van der Waals surface area contributed by atoms with Crippen LogP contribution in [0.15, 0.2) is 79.0 Å². The van der Waals surface area contributed by atoms with Crippen LogP contribution >= 0.6 is 0 Å². The summed E-state index contributed by atoms with van der Waals surface area (Å²) < 4.78 is 2.12. The molecule has 0 aromatic heterocycles. The summed E-state index contributed by atoms with van der Waals surface area (Å²) in [5.74, 6) is -0.785. The van der Waals surface area contributed by atoms with E-state index in [1.807, 2.05) is 60.8 Å². The minimum Gasteiger partial charge on any atom is -0.481 e. The number of fused-ring (bicyclic) bond motifs is 1. The van der Waals surface area contributed by atoms with E-state index in [9.17, 15) is 4.79 Å². The maximum atomic E-state index is 11.1. The predicted octanol–water partition coefficient (Wildman–Crippen LogP) is 4.72. The van der Waals surface area contributed by atoms with E-state index in [0.717, 1.165) is 17.1 Å². The lowest BCUT2D eigenvalue weighted by atomic mass is 9.81. The summed E-state index contributed by atoms with van der Waals surface area (Å²) >= 11 is 0. The van der Waals surface area contributed by atoms with Gasteiger partial charge in [-0.2, -0.15) is 4.58 Å². The van der Waals surface area contributed by atoms with Gasteiger partial charge in [0.15, 0.2) is 12.3 Å². The van der Waals surface area contributed by atoms with Gasteiger partial charge < -0.3 is 10.4 Å². The number of carbonyl (C=O) groups is 1. The molecule has 1 aliphatic rings. The molecule has 0 amide bonds. The number of hydrogen-bond donors (Lipinski definition) is 2. The van der Waals surface area contributed by atoms with Crippen LogP contribution in [0.4, 0.5) is 11.4 Å². The summed E-state index contributed by atoms with van der Waals surface area (Å²) in [5, 5.41) is 12.3. The van der Waals surface area contributed by atoms with Crippen LogP contribution in [0.1, 0.15) is 25.8 Å². The maximum absolute atomic E-state index is 11.1. The van der Waals surface area contributed by atoms with E-state index in [0.29, 0.717) is 6.54 Å². The number of para-hydroxylation sites is 2. The van der Waals surface area contributed by atoms with Crippen molar-refractivity contribution in [1.82, 2.24) is 0 Å². The zero-order valence-electron chi connectivity index (χ0n) is 15.7. The number of anilines is 1. The number of hydrogen-bond acceptors (Lipinski definition) is 2. The number of carboxylic acid groups (broad SMARTS) is 1. The van der Waals surface area contributed by atoms with Crippen LogP contribution in [0.3, 0.4) is 0 Å². The Morgan fingerprint density at radius 2 is 1.78 bits per heavy atom. The molecule has 0 atom stereocenters. The summed E-state index contributed by atoms with van der Waals surface area (Å²) in [4.78, 5) is 11.1. The van der Waals surface area contributed by atoms with Gasteiger partial charge >= 0.3 is 5.97 Å². The van der Waals surface area contributed by atoms with Gasteiger partial charge in [0.1, 0.15) is 6.42 Å². The third-order valence-electron chi connectivity index (χ3n) is 4.83. The quantitative estimate of drug-likeness (QED) is 0.554. The SMILES string of the molecule is CC1(C)C(/C=C/C=C/Nc2ccccc2)=[N+](CCC(=O)O)c2ccccc21. The smallest absolute Gasteiger partial charge is 0.309 e. The lowest BCUT2D eigenvalue weighted by Crippen LogP contribution is -2.28. The van der Waals surface area contributed by atoms with Crippen LogP contribution < -0.4 is 5.32 Å². The van der Waals surface area contributed by atoms with Gasteiger partial charge in [-0.15, -0.1) is 0 Å². The Hall–Kier alpha value is -3.14. The van der Waals surface area contributed by atoms with Crippen molar-refractivity contribution in [2.24, 2.45) is 0 Å². The average Bonchev–Trinajstić information content (AvgIpc) is 2.88. The second-order valence-electron chi connectivity index (χ2n) is 7.05. The number of aliphatic carboxylic acids is 1. The van der Waals surface area contributed by atoms with Crippen LogP contribution in [0.2, 0.25) is 0 Å². The minimum atomic E-state index is -0.785. The lowest BCUT2D eigenvalue weighted by Gasteiger charge is -2.15. The van der Waals surface area contributed by atoms with Crippen molar-refractivity contribution >= 4 is 23.1 Å². The Morgan fingerprint density at radius 3 is 2.52 bits per heavy atom. The molecule has 0 saturated carbocycles. The van der Waals surface area contributed by atoms with Gasteiger partial charge in [0.25, 0.3) is 0 Å². The number of allylic oxidation sites excluding steroid dienone is 3. The minimum absolute atomic E-state index is 0.104. The Labute approximate surface area is 160 Å². The molecule has 0 saturated heterocycles. The second kappa shape index (κ2) is 8.04. The fourth-order valence-corrected chi connectivity index (χ4v) is 3.47. The third kappa shape index (κ3) is 4.17. The van der Waals surface area contributed by atoms with Crippen LogP contribution in [0.5, 0.6) is 0 Å². The van der Waals surface area contributed by atoms with E-state index in [1.54, 1.807) is 0 Å². The number of nitrogens with one attached hydrogen (secondary N) is 1. The summed E-state index contributed by atoms with van der Waals surface area (Å²) in [6.07, 6.45) is 8.02. The average molecular weight is 361 g/mol. The molecule has 1 heterocycles. The summed E-state index contributed by atoms with van der Waals surface area (Å²) in [5.41, 5.74) is 4.28. The molecule has 1 aliphatic heterocycles. The van der Waals surface area contributed by atoms with Crippen molar-refractivity contribution in [3.8, 4) is 0 Å². The molecule has 0 radical (unpaired) electrons. The molecular weight excluding hydrogens is 336 g/mol. The topological polar surface area (TPSA) is 52.3 Å². The van der Waals surface area contributed by atoms with Crippen molar-refractivity contribution in [3.63, 3.8) is 0 Å². The van der Waals surface area contributed by atoms with Gasteiger partial charge in [0.05, 0.1) is 5.41 Å². The van der Waals surface area contributed by atoms with Gasteiger partial charge in [-0.25, -0.2) is 0 Å². The highest BCUT2D eigenvalue weighted by Crippen LogP contribution is 2.39. The Kier molecular flexibility index (Phi) is 5.55. The molecule has 2 aromatic carbocycles. The van der Waals surface area contributed by atoms with Gasteiger partial charge in [-0.1, -0.05) is 42.5 Å². The highest BCUT2D eigenvalue weighted by atomic mass is 16.4. The van der Waals surface area contributed by atoms with E-state index in [4.69, 9.17) is 5.11 Å². The number of carboxylic acids is 1. The highest BCUT2D eigenvalue weighted by molar-refractivity contribution is 6.03. The van der Waals surface area contributed by atoms with E-state index >= 15 is 0 Å². The first kappa shape index (κ1) is 18.6. The molecule has 138 valence electrons. The molecule has 0 bridgehead atoms. The fraction of sp³-hybridized carbons (Fsp3) is 0.217. The third-order valence-corrected chi connectivity index (χ3v) is 4.83. The summed E-state index contributed by atoms with van der Waals surface area (Å²) in [7, 11) is 0. The van der Waals surface area contributed by atoms with Gasteiger partial charge in [-0.3, -0.25) is 4.79 Å². The number of nitrogens with zero attached hydrogens (tertiary/aromatic N) is 1. The fourth-order valence-electron chi connectivity index (χ4n) is 3.47. The van der Waals surface area contributed by atoms with E-state index < -0.39 is 5.97 Å². The molecule has 0 unspecified atom stereocenters. The zero-order chi connectivity index (χ0) is 19.3. The molecule has 0 spiro atoms. The van der Waals surface area contributed by atoms with E-state index in [-0.39, 0.29) is 11.8 Å². The Morgan fingerprint density at radius 1 is 1.07 bits per heavy atom. The molecule has 0 aliphatic carbocycles. The van der Waals surface area contributed by atoms with Crippen molar-refractivity contribution in [2.75, 3.05) is 11.9 Å². The lowest BCUT2D eigenvalue weighted by molar-refractivity contribution is -0.436. The molecule has 2 aromatic rings. The van der Waals surface area contributed by atoms with Crippen LogP contribution in [0.25, 0.3) is 0 Å². The number of benzene rings is 2. The van der Waals surface area contributed by atoms with E-state index in [2.05, 4.69) is 41.9 Å².